The van der Waals surface area contributed by atoms with Crippen molar-refractivity contribution in [3.63, 3.8) is 0 Å². The van der Waals surface area contributed by atoms with E-state index in [1.807, 2.05) is 48.7 Å². The summed E-state index contributed by atoms with van der Waals surface area (Å²) in [5, 5.41) is 18.5. The maximum atomic E-state index is 11.8. The van der Waals surface area contributed by atoms with Gasteiger partial charge in [-0.1, -0.05) is 41.9 Å². The molecule has 6 nitrogen and oxygen atoms in total. The molecule has 0 atom stereocenters. The molecule has 3 rings (SSSR count). The highest BCUT2D eigenvalue weighted by molar-refractivity contribution is 6.30. The second-order valence-corrected chi connectivity index (χ2v) is 6.38. The largest absolute Gasteiger partial charge is 0.550 e. The monoisotopic (exact) mass is 382 g/mol. The third-order valence-corrected chi connectivity index (χ3v) is 4.21. The smallest absolute Gasteiger partial charge is 0.220 e. The summed E-state index contributed by atoms with van der Waals surface area (Å²) >= 11 is 5.97. The minimum atomic E-state index is -1.25. The van der Waals surface area contributed by atoms with Crippen LogP contribution >= 0.6 is 11.6 Å². The van der Waals surface area contributed by atoms with Crippen LogP contribution in [0.25, 0.3) is 16.9 Å². The van der Waals surface area contributed by atoms with Crippen LogP contribution in [0, 0.1) is 0 Å². The summed E-state index contributed by atoms with van der Waals surface area (Å²) in [6.07, 6.45) is 1.42. The second-order valence-electron chi connectivity index (χ2n) is 5.94. The molecule has 1 N–H and O–H groups in total. The molecule has 1 aromatic heterocycles. The van der Waals surface area contributed by atoms with Crippen LogP contribution in [0.4, 0.5) is 0 Å². The van der Waals surface area contributed by atoms with Crippen molar-refractivity contribution in [2.45, 2.75) is 19.4 Å². The van der Waals surface area contributed by atoms with Crippen LogP contribution < -0.4 is 10.4 Å². The molecule has 0 radical (unpaired) electrons. The van der Waals surface area contributed by atoms with Crippen LogP contribution in [0.1, 0.15) is 18.4 Å². The van der Waals surface area contributed by atoms with E-state index in [1.54, 1.807) is 16.8 Å². The molecule has 0 saturated heterocycles. The number of amides is 1. The first-order chi connectivity index (χ1) is 13.0. The lowest BCUT2D eigenvalue weighted by Gasteiger charge is -2.06. The Balaban J connectivity index is 1.86. The van der Waals surface area contributed by atoms with Crippen molar-refractivity contribution >= 4 is 23.5 Å². The van der Waals surface area contributed by atoms with Crippen molar-refractivity contribution in [2.75, 3.05) is 0 Å². The molecule has 2 aromatic carbocycles. The van der Waals surface area contributed by atoms with E-state index in [0.717, 1.165) is 22.5 Å². The maximum absolute atomic E-state index is 11.8. The van der Waals surface area contributed by atoms with Gasteiger partial charge in [-0.3, -0.25) is 4.79 Å². The number of para-hydroxylation sites is 1. The topological polar surface area (TPSA) is 87.0 Å². The molecule has 0 aliphatic carbocycles. The van der Waals surface area contributed by atoms with Crippen molar-refractivity contribution in [1.29, 1.82) is 0 Å². The van der Waals surface area contributed by atoms with Gasteiger partial charge in [0.25, 0.3) is 0 Å². The summed E-state index contributed by atoms with van der Waals surface area (Å²) in [6, 6.07) is 16.9. The van der Waals surface area contributed by atoms with E-state index in [2.05, 4.69) is 10.4 Å². The predicted octanol–water partition coefficient (Wildman–Crippen LogP) is 2.34. The van der Waals surface area contributed by atoms with Crippen LogP contribution in [0.5, 0.6) is 0 Å². The van der Waals surface area contributed by atoms with E-state index < -0.39 is 5.97 Å². The molecule has 0 aliphatic heterocycles. The highest BCUT2D eigenvalue weighted by Crippen LogP contribution is 2.25. The summed E-state index contributed by atoms with van der Waals surface area (Å²) in [5.74, 6) is -1.60. The van der Waals surface area contributed by atoms with E-state index >= 15 is 0 Å². The van der Waals surface area contributed by atoms with Crippen LogP contribution in [-0.4, -0.2) is 21.7 Å². The number of carbonyl (C=O) groups is 2. The molecule has 0 aliphatic rings. The summed E-state index contributed by atoms with van der Waals surface area (Å²) < 4.78 is 1.74. The van der Waals surface area contributed by atoms with Crippen LogP contribution in [0.2, 0.25) is 5.02 Å². The van der Waals surface area contributed by atoms with Crippen LogP contribution in [-0.2, 0) is 16.1 Å². The number of nitrogens with one attached hydrogen (secondary N) is 1. The molecule has 27 heavy (non-hydrogen) atoms. The van der Waals surface area contributed by atoms with E-state index in [-0.39, 0.29) is 25.3 Å². The van der Waals surface area contributed by atoms with Gasteiger partial charge in [0.15, 0.2) is 0 Å². The Kier molecular flexibility index (Phi) is 5.88. The molecule has 0 spiro atoms. The number of nitrogens with zero attached hydrogens (tertiary/aromatic N) is 2. The third kappa shape index (κ3) is 4.95. The van der Waals surface area contributed by atoms with Gasteiger partial charge in [0.05, 0.1) is 11.4 Å². The summed E-state index contributed by atoms with van der Waals surface area (Å²) in [4.78, 5) is 22.3. The zero-order valence-electron chi connectivity index (χ0n) is 14.4. The molecule has 0 bridgehead atoms. The van der Waals surface area contributed by atoms with Gasteiger partial charge >= 0.3 is 0 Å². The Morgan fingerprint density at radius 3 is 2.41 bits per heavy atom. The van der Waals surface area contributed by atoms with E-state index in [0.29, 0.717) is 5.02 Å². The van der Waals surface area contributed by atoms with Crippen LogP contribution in [0.15, 0.2) is 60.8 Å². The first-order valence-electron chi connectivity index (χ1n) is 8.39. The van der Waals surface area contributed by atoms with Gasteiger partial charge in [-0.15, -0.1) is 0 Å². The number of carboxylic acids is 1. The van der Waals surface area contributed by atoms with Gasteiger partial charge in [0.2, 0.25) is 5.91 Å². The average molecular weight is 383 g/mol. The molecule has 3 aromatic rings. The molecule has 1 heterocycles. The lowest BCUT2D eigenvalue weighted by molar-refractivity contribution is -0.305. The Hall–Kier alpha value is -3.12. The lowest BCUT2D eigenvalue weighted by Crippen LogP contribution is -2.27. The van der Waals surface area contributed by atoms with Gasteiger partial charge < -0.3 is 15.2 Å². The highest BCUT2D eigenvalue weighted by Gasteiger charge is 2.13. The number of aliphatic carboxylic acids is 1. The summed E-state index contributed by atoms with van der Waals surface area (Å²) in [7, 11) is 0. The van der Waals surface area contributed by atoms with Gasteiger partial charge in [0.1, 0.15) is 0 Å². The molecule has 0 saturated carbocycles. The first-order valence-corrected chi connectivity index (χ1v) is 8.77. The van der Waals surface area contributed by atoms with E-state index in [1.165, 1.54) is 0 Å². The number of carbonyl (C=O) groups excluding carboxylic acids is 2. The van der Waals surface area contributed by atoms with Crippen LogP contribution in [0.3, 0.4) is 0 Å². The lowest BCUT2D eigenvalue weighted by atomic mass is 10.1. The SMILES string of the molecule is O=C([O-])CCC(=O)NCc1cn(-c2ccccc2)nc1-c1ccc(Cl)cc1. The van der Waals surface area contributed by atoms with Crippen molar-refractivity contribution in [1.82, 2.24) is 15.1 Å². The van der Waals surface area contributed by atoms with Gasteiger partial charge in [-0.25, -0.2) is 4.68 Å². The van der Waals surface area contributed by atoms with Crippen molar-refractivity contribution < 1.29 is 14.7 Å². The molecular weight excluding hydrogens is 366 g/mol. The number of carboxylic acid groups (broad SMARTS) is 1. The number of halogens is 1. The number of hydrogen-bond donors (Lipinski definition) is 1. The van der Waals surface area contributed by atoms with Gasteiger partial charge in [-0.2, -0.15) is 5.10 Å². The zero-order valence-corrected chi connectivity index (χ0v) is 15.1. The minimum absolute atomic E-state index is 0.120. The number of aromatic nitrogens is 2. The van der Waals surface area contributed by atoms with Crippen molar-refractivity contribution in [2.24, 2.45) is 0 Å². The molecule has 7 heteroatoms. The van der Waals surface area contributed by atoms with Gasteiger partial charge in [0, 0.05) is 41.3 Å². The van der Waals surface area contributed by atoms with Crippen molar-refractivity contribution in [3.8, 4) is 16.9 Å². The second kappa shape index (κ2) is 8.51. The maximum Gasteiger partial charge on any atom is 0.220 e. The predicted molar refractivity (Wildman–Crippen MR) is 100 cm³/mol. The van der Waals surface area contributed by atoms with Gasteiger partial charge in [-0.05, 0) is 30.7 Å². The zero-order chi connectivity index (χ0) is 19.2. The molecule has 0 unspecified atom stereocenters. The normalized spacial score (nSPS) is 10.6. The number of rotatable bonds is 7. The molecule has 0 fully saturated rings. The highest BCUT2D eigenvalue weighted by atomic mass is 35.5. The standard InChI is InChI=1S/C20H18ClN3O3/c21-16-8-6-14(7-9-16)20-15(12-22-18(25)10-11-19(26)27)13-24(23-20)17-4-2-1-3-5-17/h1-9,13H,10-12H2,(H,22,25)(H,26,27)/p-1. The van der Waals surface area contributed by atoms with E-state index in [4.69, 9.17) is 11.6 Å². The molecular formula is C20H17ClN3O3-. The molecule has 138 valence electrons. The Morgan fingerprint density at radius 1 is 1.04 bits per heavy atom. The fraction of sp³-hybridized carbons (Fsp3) is 0.150. The van der Waals surface area contributed by atoms with Crippen molar-refractivity contribution in [3.05, 3.63) is 71.4 Å². The third-order valence-electron chi connectivity index (χ3n) is 3.96. The first kappa shape index (κ1) is 18.7. The van der Waals surface area contributed by atoms with E-state index in [9.17, 15) is 14.7 Å². The fourth-order valence-electron chi connectivity index (χ4n) is 2.60. The summed E-state index contributed by atoms with van der Waals surface area (Å²) in [5.41, 5.74) is 3.29. The Bertz CT molecular complexity index is 937. The quantitative estimate of drug-likeness (QED) is 0.679. The average Bonchev–Trinajstić information content (AvgIpc) is 3.10. The minimum Gasteiger partial charge on any atom is -0.550 e. The Labute approximate surface area is 161 Å². The molecule has 1 amide bonds. The fourth-order valence-corrected chi connectivity index (χ4v) is 2.73. The number of benzene rings is 2. The number of hydrogen-bond acceptors (Lipinski definition) is 4. The Morgan fingerprint density at radius 2 is 1.74 bits per heavy atom. The summed E-state index contributed by atoms with van der Waals surface area (Å²) in [6.45, 7) is 0.233.